The van der Waals surface area contributed by atoms with Gasteiger partial charge in [-0.25, -0.2) is 9.97 Å². The molecule has 100 valence electrons. The zero-order valence-electron chi connectivity index (χ0n) is 11.7. The molecule has 1 aromatic rings. The van der Waals surface area contributed by atoms with Crippen molar-refractivity contribution in [3.63, 3.8) is 0 Å². The summed E-state index contributed by atoms with van der Waals surface area (Å²) in [7, 11) is 4.11. The van der Waals surface area contributed by atoms with Crippen LogP contribution in [0.5, 0.6) is 5.88 Å². The average molecular weight is 250 g/mol. The molecule has 0 saturated carbocycles. The highest BCUT2D eigenvalue weighted by molar-refractivity contribution is 5.31. The van der Waals surface area contributed by atoms with Gasteiger partial charge in [0.05, 0.1) is 5.69 Å². The Balaban J connectivity index is 2.10. The van der Waals surface area contributed by atoms with Gasteiger partial charge in [-0.2, -0.15) is 0 Å². The summed E-state index contributed by atoms with van der Waals surface area (Å²) in [4.78, 5) is 10.7. The quantitative estimate of drug-likeness (QED) is 0.858. The van der Waals surface area contributed by atoms with Gasteiger partial charge in [-0.3, -0.25) is 0 Å². The predicted octanol–water partition coefficient (Wildman–Crippen LogP) is 0.841. The third-order valence-corrected chi connectivity index (χ3v) is 3.61. The number of aromatic nitrogens is 2. The fourth-order valence-corrected chi connectivity index (χ4v) is 1.74. The molecule has 0 aromatic carbocycles. The number of nitrogens with one attached hydrogen (secondary N) is 1. The maximum absolute atomic E-state index is 5.90. The molecule has 18 heavy (non-hydrogen) atoms. The molecule has 0 aliphatic carbocycles. The molecule has 1 aliphatic heterocycles. The lowest BCUT2D eigenvalue weighted by Crippen LogP contribution is -2.43. The fourth-order valence-electron chi connectivity index (χ4n) is 1.74. The molecule has 0 radical (unpaired) electrons. The van der Waals surface area contributed by atoms with Gasteiger partial charge in [0.15, 0.2) is 0 Å². The van der Waals surface area contributed by atoms with Crippen LogP contribution in [0.25, 0.3) is 0 Å². The van der Waals surface area contributed by atoms with Gasteiger partial charge in [-0.1, -0.05) is 0 Å². The van der Waals surface area contributed by atoms with E-state index in [9.17, 15) is 0 Å². The molecule has 0 saturated heterocycles. The van der Waals surface area contributed by atoms with E-state index >= 15 is 0 Å². The van der Waals surface area contributed by atoms with Crippen LogP contribution in [0, 0.1) is 0 Å². The Morgan fingerprint density at radius 2 is 2.17 bits per heavy atom. The maximum atomic E-state index is 5.90. The second kappa shape index (κ2) is 5.20. The van der Waals surface area contributed by atoms with Crippen LogP contribution >= 0.6 is 0 Å². The maximum Gasteiger partial charge on any atom is 0.221 e. The lowest BCUT2D eigenvalue weighted by atomic mass is 10.1. The molecule has 0 bridgehead atoms. The first-order chi connectivity index (χ1) is 8.50. The Morgan fingerprint density at radius 1 is 1.39 bits per heavy atom. The van der Waals surface area contributed by atoms with Crippen LogP contribution < -0.4 is 10.1 Å². The van der Waals surface area contributed by atoms with Crippen LogP contribution in [0.4, 0.5) is 0 Å². The Bertz CT molecular complexity index is 417. The second-order valence-corrected chi connectivity index (χ2v) is 5.53. The topological polar surface area (TPSA) is 50.3 Å². The summed E-state index contributed by atoms with van der Waals surface area (Å²) in [6, 6.07) is 0. The van der Waals surface area contributed by atoms with E-state index in [4.69, 9.17) is 4.74 Å². The molecule has 1 aromatic heterocycles. The van der Waals surface area contributed by atoms with Crippen LogP contribution in [0.15, 0.2) is 6.33 Å². The highest BCUT2D eigenvalue weighted by atomic mass is 16.5. The number of rotatable bonds is 4. The van der Waals surface area contributed by atoms with Crippen LogP contribution in [0.2, 0.25) is 0 Å². The van der Waals surface area contributed by atoms with Crippen molar-refractivity contribution in [1.82, 2.24) is 20.2 Å². The zero-order valence-corrected chi connectivity index (χ0v) is 11.7. The molecule has 5 heteroatoms. The molecule has 1 aliphatic rings. The SMILES string of the molecule is CN(C)C(C)(C)COc1ncnc2c1CNCC2. The lowest BCUT2D eigenvalue weighted by Gasteiger charge is -2.32. The van der Waals surface area contributed by atoms with Crippen molar-refractivity contribution < 1.29 is 4.74 Å². The largest absolute Gasteiger partial charge is 0.475 e. The molecule has 2 heterocycles. The summed E-state index contributed by atoms with van der Waals surface area (Å²) < 4.78 is 5.90. The zero-order chi connectivity index (χ0) is 13.2. The summed E-state index contributed by atoms with van der Waals surface area (Å²) in [5.41, 5.74) is 2.21. The van der Waals surface area contributed by atoms with Crippen molar-refractivity contribution in [2.24, 2.45) is 0 Å². The number of hydrogen-bond acceptors (Lipinski definition) is 5. The molecule has 0 fully saturated rings. The van der Waals surface area contributed by atoms with Gasteiger partial charge in [0, 0.05) is 30.6 Å². The van der Waals surface area contributed by atoms with Crippen molar-refractivity contribution in [2.75, 3.05) is 27.2 Å². The number of hydrogen-bond donors (Lipinski definition) is 1. The minimum atomic E-state index is -0.0140. The predicted molar refractivity (Wildman–Crippen MR) is 70.7 cm³/mol. The normalized spacial score (nSPS) is 15.6. The monoisotopic (exact) mass is 250 g/mol. The van der Waals surface area contributed by atoms with Crippen molar-refractivity contribution in [3.05, 3.63) is 17.6 Å². The Morgan fingerprint density at radius 3 is 2.89 bits per heavy atom. The first-order valence-electron chi connectivity index (χ1n) is 6.34. The molecular weight excluding hydrogens is 228 g/mol. The third-order valence-electron chi connectivity index (χ3n) is 3.61. The molecule has 0 spiro atoms. The van der Waals surface area contributed by atoms with E-state index < -0.39 is 0 Å². The molecule has 1 N–H and O–H groups in total. The average Bonchev–Trinajstić information content (AvgIpc) is 2.36. The van der Waals surface area contributed by atoms with E-state index in [-0.39, 0.29) is 5.54 Å². The smallest absolute Gasteiger partial charge is 0.221 e. The molecular formula is C13H22N4O. The fraction of sp³-hybridized carbons (Fsp3) is 0.692. The summed E-state index contributed by atoms with van der Waals surface area (Å²) in [6.45, 7) is 6.70. The number of ether oxygens (including phenoxy) is 1. The Hall–Kier alpha value is -1.20. The Labute approximate surface area is 109 Å². The van der Waals surface area contributed by atoms with Crippen LogP contribution in [-0.2, 0) is 13.0 Å². The van der Waals surface area contributed by atoms with Crippen LogP contribution in [0.1, 0.15) is 25.1 Å². The van der Waals surface area contributed by atoms with Gasteiger partial charge in [0.25, 0.3) is 0 Å². The van der Waals surface area contributed by atoms with Gasteiger partial charge in [0.2, 0.25) is 5.88 Å². The number of fused-ring (bicyclic) bond motifs is 1. The summed E-state index contributed by atoms with van der Waals surface area (Å²) >= 11 is 0. The number of likely N-dealkylation sites (N-methyl/N-ethyl adjacent to an activating group) is 1. The van der Waals surface area contributed by atoms with Crippen molar-refractivity contribution in [2.45, 2.75) is 32.4 Å². The Kier molecular flexibility index (Phi) is 3.82. The van der Waals surface area contributed by atoms with Crippen LogP contribution in [-0.4, -0.2) is 47.7 Å². The molecule has 2 rings (SSSR count). The molecule has 0 unspecified atom stereocenters. The summed E-state index contributed by atoms with van der Waals surface area (Å²) in [5, 5.41) is 3.33. The van der Waals surface area contributed by atoms with E-state index in [1.165, 1.54) is 0 Å². The van der Waals surface area contributed by atoms with E-state index in [2.05, 4.69) is 48.1 Å². The number of nitrogens with zero attached hydrogens (tertiary/aromatic N) is 3. The second-order valence-electron chi connectivity index (χ2n) is 5.53. The van der Waals surface area contributed by atoms with Crippen molar-refractivity contribution >= 4 is 0 Å². The first kappa shape index (κ1) is 13.2. The first-order valence-corrected chi connectivity index (χ1v) is 6.34. The van der Waals surface area contributed by atoms with Gasteiger partial charge < -0.3 is 15.0 Å². The minimum Gasteiger partial charge on any atom is -0.475 e. The van der Waals surface area contributed by atoms with Gasteiger partial charge in [0.1, 0.15) is 12.9 Å². The molecule has 0 atom stereocenters. The third kappa shape index (κ3) is 2.79. The standard InChI is InChI=1S/C13H22N4O/c1-13(2,17(3)4)8-18-12-10-7-14-6-5-11(10)15-9-16-12/h9,14H,5-8H2,1-4H3. The van der Waals surface area contributed by atoms with Gasteiger partial charge >= 0.3 is 0 Å². The van der Waals surface area contributed by atoms with E-state index in [0.29, 0.717) is 6.61 Å². The van der Waals surface area contributed by atoms with Crippen LogP contribution in [0.3, 0.4) is 0 Å². The lowest BCUT2D eigenvalue weighted by molar-refractivity contribution is 0.110. The molecule has 5 nitrogen and oxygen atoms in total. The highest BCUT2D eigenvalue weighted by Crippen LogP contribution is 2.22. The van der Waals surface area contributed by atoms with Gasteiger partial charge in [-0.05, 0) is 27.9 Å². The highest BCUT2D eigenvalue weighted by Gasteiger charge is 2.23. The summed E-state index contributed by atoms with van der Waals surface area (Å²) in [6.07, 6.45) is 2.55. The van der Waals surface area contributed by atoms with Crippen molar-refractivity contribution in [3.8, 4) is 5.88 Å². The van der Waals surface area contributed by atoms with Crippen molar-refractivity contribution in [1.29, 1.82) is 0 Å². The molecule has 0 amide bonds. The van der Waals surface area contributed by atoms with E-state index in [1.54, 1.807) is 6.33 Å². The van der Waals surface area contributed by atoms with E-state index in [0.717, 1.165) is 36.6 Å². The van der Waals surface area contributed by atoms with Gasteiger partial charge in [-0.15, -0.1) is 0 Å². The summed E-state index contributed by atoms with van der Waals surface area (Å²) in [5.74, 6) is 0.724. The minimum absolute atomic E-state index is 0.0140. The van der Waals surface area contributed by atoms with E-state index in [1.807, 2.05) is 0 Å².